The lowest BCUT2D eigenvalue weighted by molar-refractivity contribution is -0.144. The number of esters is 1. The van der Waals surface area contributed by atoms with Crippen molar-refractivity contribution in [1.82, 2.24) is 5.32 Å². The predicted molar refractivity (Wildman–Crippen MR) is 68.5 cm³/mol. The Bertz CT molecular complexity index is 270. The van der Waals surface area contributed by atoms with Crippen LogP contribution < -0.4 is 5.32 Å². The van der Waals surface area contributed by atoms with Gasteiger partial charge in [0.1, 0.15) is 6.23 Å². The van der Waals surface area contributed by atoms with E-state index in [2.05, 4.69) is 12.2 Å². The second-order valence-corrected chi connectivity index (χ2v) is 4.41. The van der Waals surface area contributed by atoms with Crippen LogP contribution in [0.15, 0.2) is 11.1 Å². The zero-order chi connectivity index (χ0) is 13.4. The van der Waals surface area contributed by atoms with E-state index in [1.807, 2.05) is 13.8 Å². The molecule has 0 saturated carbocycles. The summed E-state index contributed by atoms with van der Waals surface area (Å²) in [6.07, 6.45) is 1.29. The lowest BCUT2D eigenvalue weighted by atomic mass is 9.95. The van der Waals surface area contributed by atoms with Gasteiger partial charge in [-0.15, -0.1) is 0 Å². The molecular formula is C13H25NO3. The van der Waals surface area contributed by atoms with Crippen LogP contribution in [0.5, 0.6) is 0 Å². The van der Waals surface area contributed by atoms with Crippen molar-refractivity contribution in [2.75, 3.05) is 13.7 Å². The topological polar surface area (TPSA) is 58.6 Å². The summed E-state index contributed by atoms with van der Waals surface area (Å²) in [6.45, 7) is 8.35. The molecule has 0 spiro atoms. The number of carbonyl (C=O) groups excluding carboxylic acids is 1. The van der Waals surface area contributed by atoms with Gasteiger partial charge in [-0.1, -0.05) is 18.9 Å². The lowest BCUT2D eigenvalue weighted by Crippen LogP contribution is -2.36. The normalized spacial score (nSPS) is 14.0. The number of rotatable bonds is 7. The summed E-state index contributed by atoms with van der Waals surface area (Å²) in [7, 11) is 1.36. The van der Waals surface area contributed by atoms with Crippen LogP contribution in [0.25, 0.3) is 0 Å². The van der Waals surface area contributed by atoms with Gasteiger partial charge in [0.05, 0.1) is 13.0 Å². The van der Waals surface area contributed by atoms with Crippen molar-refractivity contribution in [2.45, 2.75) is 46.8 Å². The predicted octanol–water partition coefficient (Wildman–Crippen LogP) is 1.84. The van der Waals surface area contributed by atoms with Crippen molar-refractivity contribution in [3.63, 3.8) is 0 Å². The highest BCUT2D eigenvalue weighted by atomic mass is 16.5. The number of hydrogen-bond acceptors (Lipinski definition) is 4. The van der Waals surface area contributed by atoms with Crippen LogP contribution in [0.1, 0.15) is 40.5 Å². The first kappa shape index (κ1) is 16.1. The van der Waals surface area contributed by atoms with Crippen LogP contribution in [-0.2, 0) is 9.53 Å². The molecule has 0 aromatic rings. The molecule has 0 heterocycles. The Kier molecular flexibility index (Phi) is 7.83. The van der Waals surface area contributed by atoms with Gasteiger partial charge in [0.2, 0.25) is 0 Å². The zero-order valence-corrected chi connectivity index (χ0v) is 11.5. The molecule has 0 amide bonds. The van der Waals surface area contributed by atoms with Gasteiger partial charge in [-0.05, 0) is 39.3 Å². The number of methoxy groups -OCH3 is 1. The molecule has 0 aliphatic rings. The van der Waals surface area contributed by atoms with Crippen molar-refractivity contribution in [3.05, 3.63) is 11.1 Å². The molecule has 100 valence electrons. The largest absolute Gasteiger partial charge is 0.469 e. The molecule has 0 aliphatic carbocycles. The van der Waals surface area contributed by atoms with Crippen molar-refractivity contribution < 1.29 is 14.6 Å². The summed E-state index contributed by atoms with van der Waals surface area (Å²) >= 11 is 0. The van der Waals surface area contributed by atoms with Crippen molar-refractivity contribution >= 4 is 5.97 Å². The maximum Gasteiger partial charge on any atom is 0.312 e. The minimum Gasteiger partial charge on any atom is -0.469 e. The molecule has 0 saturated heterocycles. The maximum atomic E-state index is 11.5. The molecule has 0 fully saturated rings. The van der Waals surface area contributed by atoms with Crippen molar-refractivity contribution in [1.29, 1.82) is 0 Å². The van der Waals surface area contributed by atoms with Crippen molar-refractivity contribution in [2.24, 2.45) is 5.92 Å². The van der Waals surface area contributed by atoms with Gasteiger partial charge in [-0.2, -0.15) is 0 Å². The molecule has 0 radical (unpaired) electrons. The fraction of sp³-hybridized carbons (Fsp3) is 0.769. The molecule has 0 aromatic carbocycles. The molecule has 0 bridgehead atoms. The van der Waals surface area contributed by atoms with Crippen LogP contribution in [-0.4, -0.2) is 31.0 Å². The van der Waals surface area contributed by atoms with E-state index >= 15 is 0 Å². The Balaban J connectivity index is 4.65. The van der Waals surface area contributed by atoms with Crippen LogP contribution in [0.4, 0.5) is 0 Å². The third-order valence-corrected chi connectivity index (χ3v) is 2.76. The third-order valence-electron chi connectivity index (χ3n) is 2.76. The highest BCUT2D eigenvalue weighted by Gasteiger charge is 2.24. The van der Waals surface area contributed by atoms with E-state index in [0.717, 1.165) is 25.0 Å². The fourth-order valence-corrected chi connectivity index (χ4v) is 1.77. The van der Waals surface area contributed by atoms with Gasteiger partial charge < -0.3 is 9.84 Å². The number of aliphatic hydroxyl groups is 1. The zero-order valence-electron chi connectivity index (χ0n) is 11.5. The number of aliphatic hydroxyl groups excluding tert-OH is 1. The van der Waals surface area contributed by atoms with Gasteiger partial charge >= 0.3 is 5.97 Å². The molecule has 0 aromatic heterocycles. The summed E-state index contributed by atoms with van der Waals surface area (Å²) in [5.41, 5.74) is 1.65. The van der Waals surface area contributed by atoms with E-state index in [9.17, 15) is 9.90 Å². The molecule has 0 rings (SSSR count). The average Bonchev–Trinajstić information content (AvgIpc) is 2.27. The van der Waals surface area contributed by atoms with Gasteiger partial charge in [-0.3, -0.25) is 10.1 Å². The third kappa shape index (κ3) is 5.33. The smallest absolute Gasteiger partial charge is 0.312 e. The molecule has 2 atom stereocenters. The molecule has 4 nitrogen and oxygen atoms in total. The first-order chi connectivity index (χ1) is 7.95. The standard InChI is InChI=1S/C13H25NO3/c1-6-7-8-14-12(15)11(9(2)3)10(4)13(16)17-5/h10,12,14-15H,6-8H2,1-5H3. The molecule has 17 heavy (non-hydrogen) atoms. The Morgan fingerprint density at radius 1 is 1.41 bits per heavy atom. The Labute approximate surface area is 104 Å². The van der Waals surface area contributed by atoms with Gasteiger partial charge in [0, 0.05) is 0 Å². The van der Waals surface area contributed by atoms with E-state index in [4.69, 9.17) is 4.74 Å². The summed E-state index contributed by atoms with van der Waals surface area (Å²) in [6, 6.07) is 0. The van der Waals surface area contributed by atoms with Crippen LogP contribution in [0.3, 0.4) is 0 Å². The number of allylic oxidation sites excluding steroid dienone is 1. The molecule has 2 unspecified atom stereocenters. The van der Waals surface area contributed by atoms with E-state index < -0.39 is 12.1 Å². The van der Waals surface area contributed by atoms with Crippen LogP contribution in [0, 0.1) is 5.92 Å². The summed E-state index contributed by atoms with van der Waals surface area (Å²) < 4.78 is 4.71. The molecule has 4 heteroatoms. The van der Waals surface area contributed by atoms with Gasteiger partial charge in [0.25, 0.3) is 0 Å². The molecule has 2 N–H and O–H groups in total. The number of ether oxygens (including phenoxy) is 1. The SMILES string of the molecule is CCCCNC(O)C(=C(C)C)C(C)C(=O)OC. The summed E-state index contributed by atoms with van der Waals surface area (Å²) in [4.78, 5) is 11.5. The van der Waals surface area contributed by atoms with Gasteiger partial charge in [0.15, 0.2) is 0 Å². The van der Waals surface area contributed by atoms with Crippen molar-refractivity contribution in [3.8, 4) is 0 Å². The average molecular weight is 243 g/mol. The number of carbonyl (C=O) groups is 1. The van der Waals surface area contributed by atoms with Crippen LogP contribution >= 0.6 is 0 Å². The molecule has 0 aliphatic heterocycles. The number of nitrogens with one attached hydrogen (secondary N) is 1. The highest BCUT2D eigenvalue weighted by molar-refractivity contribution is 5.75. The monoisotopic (exact) mass is 243 g/mol. The Morgan fingerprint density at radius 3 is 2.41 bits per heavy atom. The molecular weight excluding hydrogens is 218 g/mol. The first-order valence-corrected chi connectivity index (χ1v) is 6.12. The summed E-state index contributed by atoms with van der Waals surface area (Å²) in [5, 5.41) is 13.1. The second-order valence-electron chi connectivity index (χ2n) is 4.41. The number of hydrogen-bond donors (Lipinski definition) is 2. The fourth-order valence-electron chi connectivity index (χ4n) is 1.77. The first-order valence-electron chi connectivity index (χ1n) is 6.12. The highest BCUT2D eigenvalue weighted by Crippen LogP contribution is 2.19. The maximum absolute atomic E-state index is 11.5. The Hall–Kier alpha value is -0.870. The van der Waals surface area contributed by atoms with E-state index in [0.29, 0.717) is 5.57 Å². The minimum absolute atomic E-state index is 0.322. The van der Waals surface area contributed by atoms with E-state index in [-0.39, 0.29) is 5.97 Å². The lowest BCUT2D eigenvalue weighted by Gasteiger charge is -2.22. The second kappa shape index (κ2) is 8.25. The van der Waals surface area contributed by atoms with E-state index in [1.165, 1.54) is 7.11 Å². The minimum atomic E-state index is -0.777. The number of unbranched alkanes of at least 4 members (excludes halogenated alkanes) is 1. The Morgan fingerprint density at radius 2 is 2.00 bits per heavy atom. The van der Waals surface area contributed by atoms with Crippen LogP contribution in [0.2, 0.25) is 0 Å². The quantitative estimate of drug-likeness (QED) is 0.310. The summed E-state index contributed by atoms with van der Waals surface area (Å²) in [5.74, 6) is -0.744. The van der Waals surface area contributed by atoms with E-state index in [1.54, 1.807) is 6.92 Å². The van der Waals surface area contributed by atoms with Gasteiger partial charge in [-0.25, -0.2) is 0 Å².